The molecule has 25 rings (SSSR count). The molecule has 0 saturated carbocycles. The van der Waals surface area contributed by atoms with E-state index in [4.69, 9.17) is 14.7 Å². The Morgan fingerprint density at radius 1 is 0.257 bits per heavy atom. The molecule has 0 radical (unpaired) electrons. The topological polar surface area (TPSA) is 300 Å². The number of ether oxygens (including phenoxy) is 1. The smallest absolute Gasteiger partial charge is 0.253 e. The van der Waals surface area contributed by atoms with Crippen molar-refractivity contribution in [1.82, 2.24) is 84.3 Å². The molecule has 24 heteroatoms. The summed E-state index contributed by atoms with van der Waals surface area (Å²) in [6.45, 7) is 7.43. The molecule has 0 unspecified atom stereocenters. The van der Waals surface area contributed by atoms with Gasteiger partial charge in [0.25, 0.3) is 29.5 Å². The Bertz CT molecular complexity index is 7380. The first-order valence-corrected chi connectivity index (χ1v) is 51.2. The zero-order valence-electron chi connectivity index (χ0n) is 82.5. The highest BCUT2D eigenvalue weighted by Gasteiger charge is 2.33. The van der Waals surface area contributed by atoms with Crippen molar-refractivity contribution >= 4 is 84.8 Å². The number of fused-ring (bicyclic) bond motifs is 5. The van der Waals surface area contributed by atoms with Crippen molar-refractivity contribution in [3.8, 4) is 67.1 Å². The standard InChI is InChI=1S/C26H25N3O2.C25H23N3O2.C25H23N3O.2C24H22N4O/c1-31-22-11-12-23-24(17-22)28-25(27-23)20-13-15-29(16-14-20)26(30)21-9-7-19(8-10-21)18-5-3-2-4-6-18;29-21-10-11-22-23(16-21)27-24(26-22)19-12-14-28(15-13-19)25(30)20-8-6-18(7-9-20)17-4-2-1-3-5-17;29-25(21-12-10-19(11-13-21)18-6-2-1-3-7-18)28-16-14-20(15-17-28)24-26-22-8-4-5-9-23(22)27-24;29-24(20-10-8-18(9-11-20)17-5-2-1-3-6-17)28-15-12-19(13-16-28)22-26-21-7-4-14-25-23(21)27-22;29-24(20-8-6-18(7-9-20)17-4-2-1-3-5-17)28-14-11-19(12-15-28)23-26-21-10-13-25-16-22(21)27-23/h2-12,17,20H,13-16H2,1H3,(H,27,28);1-11,16,19,29H,12-15H2,(H,26,27);1-13,20H,14-17H2,(H,26,27);1-11,14,19H,12-13,15-16H2,(H,25,26,27);1-10,13,16,19H,11-12,14-15H2,(H,26,27). The number of pyridine rings is 2. The van der Waals surface area contributed by atoms with Gasteiger partial charge in [0, 0.05) is 147 Å². The van der Waals surface area contributed by atoms with E-state index in [2.05, 4.69) is 117 Å². The van der Waals surface area contributed by atoms with Crippen LogP contribution in [0.15, 0.2) is 370 Å². The molecule has 13 aromatic carbocycles. The predicted octanol–water partition coefficient (Wildman–Crippen LogP) is 24.8. The van der Waals surface area contributed by atoms with Crippen molar-refractivity contribution in [3.05, 3.63) is 427 Å². The van der Waals surface area contributed by atoms with Crippen LogP contribution in [0.4, 0.5) is 0 Å². The molecule has 5 amide bonds. The summed E-state index contributed by atoms with van der Waals surface area (Å²) in [5.41, 5.74) is 24.5. The molecule has 20 aromatic rings. The maximum absolute atomic E-state index is 13.0. The van der Waals surface area contributed by atoms with Gasteiger partial charge in [0.2, 0.25) is 0 Å². The lowest BCUT2D eigenvalue weighted by Crippen LogP contribution is -2.38. The first kappa shape index (κ1) is 96.6. The van der Waals surface area contributed by atoms with Crippen LogP contribution >= 0.6 is 0 Å². The number of phenols is 1. The maximum atomic E-state index is 13.0. The van der Waals surface area contributed by atoms with Crippen LogP contribution < -0.4 is 4.74 Å². The highest BCUT2D eigenvalue weighted by atomic mass is 16.5. The monoisotopic (exact) mass is 1950 g/mol. The molecule has 0 bridgehead atoms. The zero-order chi connectivity index (χ0) is 101. The highest BCUT2D eigenvalue weighted by Crippen LogP contribution is 2.38. The fourth-order valence-corrected chi connectivity index (χ4v) is 20.7. The van der Waals surface area contributed by atoms with Crippen molar-refractivity contribution in [2.45, 2.75) is 93.8 Å². The summed E-state index contributed by atoms with van der Waals surface area (Å²) < 4.78 is 5.29. The summed E-state index contributed by atoms with van der Waals surface area (Å²) in [5, 5.41) is 9.64. The predicted molar refractivity (Wildman–Crippen MR) is 583 cm³/mol. The zero-order valence-corrected chi connectivity index (χ0v) is 82.5. The fraction of sp³-hybridized carbons (Fsp3) is 0.210. The van der Waals surface area contributed by atoms with E-state index in [1.54, 1.807) is 37.8 Å². The number of benzene rings is 13. The number of H-pyrrole nitrogens is 5. The van der Waals surface area contributed by atoms with Gasteiger partial charge in [0.15, 0.2) is 5.65 Å². The lowest BCUT2D eigenvalue weighted by Gasteiger charge is -2.31. The third kappa shape index (κ3) is 22.7. The lowest BCUT2D eigenvalue weighted by molar-refractivity contribution is 0.0704. The molecule has 7 aromatic heterocycles. The van der Waals surface area contributed by atoms with E-state index in [0.29, 0.717) is 42.7 Å². The Labute approximate surface area is 858 Å². The Hall–Kier alpha value is -17.5. The minimum Gasteiger partial charge on any atom is -0.508 e. The second kappa shape index (κ2) is 45.2. The Kier molecular flexibility index (Phi) is 29.5. The van der Waals surface area contributed by atoms with Crippen molar-refractivity contribution in [2.24, 2.45) is 0 Å². The van der Waals surface area contributed by atoms with Gasteiger partial charge in [0.1, 0.15) is 46.1 Å². The van der Waals surface area contributed by atoms with Crippen LogP contribution in [0.5, 0.6) is 11.5 Å². The Morgan fingerprint density at radius 3 is 0.838 bits per heavy atom. The third-order valence-corrected chi connectivity index (χ3v) is 29.2. The number of carbonyl (C=O) groups excluding carboxylic acids is 5. The number of aromatic hydroxyl groups is 1. The maximum Gasteiger partial charge on any atom is 0.253 e. The molecule has 738 valence electrons. The Balaban J connectivity index is 0.000000108. The van der Waals surface area contributed by atoms with Gasteiger partial charge in [-0.2, -0.15) is 0 Å². The third-order valence-electron chi connectivity index (χ3n) is 29.2. The summed E-state index contributed by atoms with van der Waals surface area (Å²) in [7, 11) is 1.66. The van der Waals surface area contributed by atoms with Crippen LogP contribution in [0.3, 0.4) is 0 Å². The number of hydrogen-bond acceptors (Lipinski definition) is 14. The van der Waals surface area contributed by atoms with Crippen LogP contribution in [0.1, 0.15) is 175 Å². The van der Waals surface area contributed by atoms with Gasteiger partial charge >= 0.3 is 0 Å². The molecular weight excluding hydrogens is 1840 g/mol. The SMILES string of the molecule is COc1ccc2[nH]c(C3CCN(C(=O)c4ccc(-c5ccccc5)cc4)CC3)nc2c1.O=C(c1ccc(-c2ccccc2)cc1)N1CCC(c2nc3cc(O)ccc3[nH]2)CC1.O=C(c1ccc(-c2ccccc2)cc1)N1CCC(c2nc3ccccc3[nH]2)CC1.O=C(c1ccc(-c2ccccc2)cc1)N1CCC(c2nc3cnccc3[nH]2)CC1.O=C(c1ccc(-c2ccccc2)cc1)N1CCC(c2nc3ncccc3[nH]2)CC1. The number of hydrogen-bond donors (Lipinski definition) is 6. The molecule has 5 aliphatic rings. The van der Waals surface area contributed by atoms with E-state index in [9.17, 15) is 29.1 Å². The van der Waals surface area contributed by atoms with Gasteiger partial charge in [-0.25, -0.2) is 29.9 Å². The molecule has 0 spiro atoms. The van der Waals surface area contributed by atoms with Crippen LogP contribution in [0.2, 0.25) is 0 Å². The van der Waals surface area contributed by atoms with Gasteiger partial charge in [-0.15, -0.1) is 0 Å². The van der Waals surface area contributed by atoms with Crippen LogP contribution in [-0.2, 0) is 0 Å². The largest absolute Gasteiger partial charge is 0.508 e. The van der Waals surface area contributed by atoms with E-state index in [1.165, 1.54) is 0 Å². The summed E-state index contributed by atoms with van der Waals surface area (Å²) in [5.74, 6) is 8.24. The number of amides is 5. The van der Waals surface area contributed by atoms with Crippen LogP contribution in [0, 0.1) is 0 Å². The van der Waals surface area contributed by atoms with Crippen molar-refractivity contribution in [3.63, 3.8) is 0 Å². The summed E-state index contributed by atoms with van der Waals surface area (Å²) in [6, 6.07) is 116. The number of rotatable bonds is 16. The molecule has 0 atom stereocenters. The van der Waals surface area contributed by atoms with Gasteiger partial charge in [0.05, 0.1) is 57.4 Å². The molecule has 5 saturated heterocycles. The number of imidazole rings is 5. The minimum atomic E-state index is 0.0857. The van der Waals surface area contributed by atoms with Crippen molar-refractivity contribution in [1.29, 1.82) is 0 Å². The number of nitrogens with zero attached hydrogens (tertiary/aromatic N) is 12. The van der Waals surface area contributed by atoms with E-state index in [0.717, 1.165) is 290 Å². The molecule has 12 heterocycles. The summed E-state index contributed by atoms with van der Waals surface area (Å²) in [6.07, 6.45) is 14.4. The number of para-hydroxylation sites is 2. The molecule has 6 N–H and O–H groups in total. The number of likely N-dealkylation sites (tertiary alicyclic amines) is 5. The second-order valence-electron chi connectivity index (χ2n) is 38.5. The number of phenolic OH excluding ortho intramolecular Hbond substituents is 1. The highest BCUT2D eigenvalue weighted by molar-refractivity contribution is 5.98. The average Bonchev–Trinajstić information content (AvgIpc) is 1.76. The average molecular weight is 1960 g/mol. The van der Waals surface area contributed by atoms with E-state index < -0.39 is 0 Å². The summed E-state index contributed by atoms with van der Waals surface area (Å²) in [4.78, 5) is 123. The minimum absolute atomic E-state index is 0.0857. The van der Waals surface area contributed by atoms with Gasteiger partial charge < -0.3 is 59.3 Å². The first-order chi connectivity index (χ1) is 72.7. The number of carbonyl (C=O) groups is 5. The van der Waals surface area contributed by atoms with Crippen molar-refractivity contribution < 1.29 is 33.8 Å². The Morgan fingerprint density at radius 2 is 0.520 bits per heavy atom. The second-order valence-corrected chi connectivity index (χ2v) is 38.5. The molecule has 24 nitrogen and oxygen atoms in total. The lowest BCUT2D eigenvalue weighted by atomic mass is 9.95. The summed E-state index contributed by atoms with van der Waals surface area (Å²) >= 11 is 0. The van der Waals surface area contributed by atoms with Crippen LogP contribution in [0.25, 0.3) is 111 Å². The number of aromatic nitrogens is 12. The van der Waals surface area contributed by atoms with Gasteiger partial charge in [-0.3, -0.25) is 29.0 Å². The van der Waals surface area contributed by atoms with Crippen molar-refractivity contribution in [2.75, 3.05) is 72.6 Å². The van der Waals surface area contributed by atoms with E-state index in [1.807, 2.05) is 297 Å². The molecule has 5 aliphatic heterocycles. The number of methoxy groups -OCH3 is 1. The first-order valence-electron chi connectivity index (χ1n) is 51.2. The van der Waals surface area contributed by atoms with E-state index >= 15 is 0 Å². The number of nitrogens with one attached hydrogen (secondary N) is 5. The molecular formula is C124H115N17O7. The van der Waals surface area contributed by atoms with E-state index in [-0.39, 0.29) is 35.3 Å². The molecule has 148 heavy (non-hydrogen) atoms. The number of aromatic amines is 5. The van der Waals surface area contributed by atoms with Gasteiger partial charge in [-0.05, 0) is 235 Å². The molecule has 0 aliphatic carbocycles. The molecule has 5 fully saturated rings. The van der Waals surface area contributed by atoms with Crippen LogP contribution in [-0.4, -0.2) is 192 Å². The van der Waals surface area contributed by atoms with Gasteiger partial charge in [-0.1, -0.05) is 224 Å². The fourth-order valence-electron chi connectivity index (χ4n) is 20.7. The normalized spacial score (nSPS) is 14.9. The number of piperidine rings is 5. The quantitative estimate of drug-likeness (QED) is 0.0524.